The zero-order valence-corrected chi connectivity index (χ0v) is 16.0. The Balaban J connectivity index is 1.51. The number of hydrogen-bond acceptors (Lipinski definition) is 4. The van der Waals surface area contributed by atoms with Crippen molar-refractivity contribution in [3.8, 4) is 5.75 Å². The van der Waals surface area contributed by atoms with Crippen LogP contribution in [0.2, 0.25) is 5.02 Å². The average Bonchev–Trinajstić information content (AvgIpc) is 3.04. The molecule has 1 heterocycles. The van der Waals surface area contributed by atoms with Gasteiger partial charge in [0, 0.05) is 17.6 Å². The van der Waals surface area contributed by atoms with E-state index in [0.717, 1.165) is 31.0 Å². The molecule has 0 radical (unpaired) electrons. The van der Waals surface area contributed by atoms with Crippen molar-refractivity contribution in [3.05, 3.63) is 59.1 Å². The summed E-state index contributed by atoms with van der Waals surface area (Å²) in [6.07, 6.45) is 3.29. The van der Waals surface area contributed by atoms with Gasteiger partial charge in [-0.25, -0.2) is 13.6 Å². The first-order valence-electron chi connectivity index (χ1n) is 8.66. The summed E-state index contributed by atoms with van der Waals surface area (Å²) in [5, 5.41) is 5.92. The van der Waals surface area contributed by atoms with Gasteiger partial charge in [0.15, 0.2) is 0 Å². The van der Waals surface area contributed by atoms with E-state index < -0.39 is 10.0 Å². The van der Waals surface area contributed by atoms with Crippen LogP contribution in [-0.4, -0.2) is 39.1 Å². The van der Waals surface area contributed by atoms with E-state index in [1.807, 2.05) is 18.2 Å². The summed E-state index contributed by atoms with van der Waals surface area (Å²) in [4.78, 5) is 2.52. The molecular weight excluding hydrogens is 372 g/mol. The summed E-state index contributed by atoms with van der Waals surface area (Å²) in [7, 11) is -3.67. The Morgan fingerprint density at radius 2 is 1.88 bits per heavy atom. The Kier molecular flexibility index (Phi) is 6.19. The fourth-order valence-electron chi connectivity index (χ4n) is 3.34. The second kappa shape index (κ2) is 8.39. The van der Waals surface area contributed by atoms with Crippen LogP contribution in [-0.2, 0) is 16.4 Å². The van der Waals surface area contributed by atoms with Gasteiger partial charge in [0.1, 0.15) is 12.4 Å². The second-order valence-electron chi connectivity index (χ2n) is 6.49. The summed E-state index contributed by atoms with van der Waals surface area (Å²) in [5.74, 6) is 0.638. The lowest BCUT2D eigenvalue weighted by atomic mass is 10.0. The molecule has 0 bridgehead atoms. The molecule has 1 unspecified atom stereocenters. The topological polar surface area (TPSA) is 72.6 Å². The Labute approximate surface area is 159 Å². The first-order valence-corrected chi connectivity index (χ1v) is 10.6. The van der Waals surface area contributed by atoms with Gasteiger partial charge in [-0.1, -0.05) is 29.8 Å². The van der Waals surface area contributed by atoms with Gasteiger partial charge in [-0.15, -0.1) is 0 Å². The van der Waals surface area contributed by atoms with Crippen LogP contribution >= 0.6 is 11.6 Å². The fraction of sp³-hybridized carbons (Fsp3) is 0.368. The third-order valence-corrected chi connectivity index (χ3v) is 6.01. The molecular formula is C19H23ClN2O3S. The van der Waals surface area contributed by atoms with Crippen LogP contribution in [0.1, 0.15) is 18.4 Å². The van der Waals surface area contributed by atoms with Crippen molar-refractivity contribution in [2.75, 3.05) is 19.7 Å². The lowest BCUT2D eigenvalue weighted by Gasteiger charge is -2.24. The van der Waals surface area contributed by atoms with Crippen molar-refractivity contribution in [2.45, 2.75) is 30.2 Å². The summed E-state index contributed by atoms with van der Waals surface area (Å²) in [5.41, 5.74) is 1.19. The van der Waals surface area contributed by atoms with Crippen molar-refractivity contribution < 1.29 is 13.2 Å². The molecule has 1 atom stereocenters. The minimum Gasteiger partial charge on any atom is -0.492 e. The van der Waals surface area contributed by atoms with E-state index in [-0.39, 0.29) is 4.90 Å². The third kappa shape index (κ3) is 4.98. The lowest BCUT2D eigenvalue weighted by molar-refractivity contribution is 0.196. The van der Waals surface area contributed by atoms with E-state index in [4.69, 9.17) is 21.5 Å². The number of rotatable bonds is 7. The molecule has 7 heteroatoms. The van der Waals surface area contributed by atoms with Crippen LogP contribution in [0.25, 0.3) is 0 Å². The number of hydrogen-bond donors (Lipinski definition) is 1. The van der Waals surface area contributed by atoms with Crippen LogP contribution in [0.5, 0.6) is 5.75 Å². The highest BCUT2D eigenvalue weighted by Crippen LogP contribution is 2.24. The number of benzene rings is 2. The molecule has 3 rings (SSSR count). The van der Waals surface area contributed by atoms with Crippen LogP contribution in [0.15, 0.2) is 53.4 Å². The number of ether oxygens (including phenoxy) is 1. The van der Waals surface area contributed by atoms with Gasteiger partial charge >= 0.3 is 0 Å². The highest BCUT2D eigenvalue weighted by atomic mass is 35.5. The van der Waals surface area contributed by atoms with Crippen LogP contribution in [0, 0.1) is 0 Å². The van der Waals surface area contributed by atoms with E-state index in [1.165, 1.54) is 24.1 Å². The van der Waals surface area contributed by atoms with Crippen LogP contribution < -0.4 is 9.88 Å². The molecule has 0 amide bonds. The summed E-state index contributed by atoms with van der Waals surface area (Å²) in [6, 6.07) is 14.6. The van der Waals surface area contributed by atoms with E-state index in [9.17, 15) is 8.42 Å². The normalized spacial score (nSPS) is 18.2. The van der Waals surface area contributed by atoms with Gasteiger partial charge in [-0.2, -0.15) is 0 Å². The molecule has 0 spiro atoms. The number of primary sulfonamides is 1. The summed E-state index contributed by atoms with van der Waals surface area (Å²) >= 11 is 6.28. The highest BCUT2D eigenvalue weighted by Gasteiger charge is 2.25. The van der Waals surface area contributed by atoms with Gasteiger partial charge in [0.25, 0.3) is 0 Å². The number of nitrogens with two attached hydrogens (primary N) is 1. The SMILES string of the molecule is NS(=O)(=O)c1ccc(OCCN2CCCC2Cc2ccccc2Cl)cc1. The van der Waals surface area contributed by atoms with Crippen molar-refractivity contribution in [2.24, 2.45) is 5.14 Å². The maximum Gasteiger partial charge on any atom is 0.238 e. The maximum absolute atomic E-state index is 11.3. The average molecular weight is 395 g/mol. The van der Waals surface area contributed by atoms with Crippen molar-refractivity contribution >= 4 is 21.6 Å². The van der Waals surface area contributed by atoms with Gasteiger partial charge in [0.05, 0.1) is 4.90 Å². The first kappa shape index (κ1) is 19.2. The Hall–Kier alpha value is -1.60. The molecule has 2 aromatic rings. The van der Waals surface area contributed by atoms with E-state index in [1.54, 1.807) is 12.1 Å². The molecule has 140 valence electrons. The minimum absolute atomic E-state index is 0.0872. The molecule has 1 aliphatic rings. The van der Waals surface area contributed by atoms with Crippen molar-refractivity contribution in [3.63, 3.8) is 0 Å². The van der Waals surface area contributed by atoms with E-state index in [0.29, 0.717) is 18.4 Å². The monoisotopic (exact) mass is 394 g/mol. The molecule has 2 N–H and O–H groups in total. The predicted molar refractivity (Wildman–Crippen MR) is 103 cm³/mol. The number of sulfonamides is 1. The van der Waals surface area contributed by atoms with Gasteiger partial charge < -0.3 is 4.74 Å². The molecule has 0 aromatic heterocycles. The number of halogens is 1. The molecule has 26 heavy (non-hydrogen) atoms. The van der Waals surface area contributed by atoms with E-state index >= 15 is 0 Å². The molecule has 0 saturated carbocycles. The standard InChI is InChI=1S/C19H23ClN2O3S/c20-19-6-2-1-4-15(19)14-16-5-3-11-22(16)12-13-25-17-7-9-18(10-8-17)26(21,23)24/h1-2,4,6-10,16H,3,5,11-14H2,(H2,21,23,24). The minimum atomic E-state index is -3.67. The quantitative estimate of drug-likeness (QED) is 0.783. The van der Waals surface area contributed by atoms with E-state index in [2.05, 4.69) is 11.0 Å². The Bertz CT molecular complexity index is 840. The zero-order valence-electron chi connectivity index (χ0n) is 14.5. The molecule has 0 aliphatic carbocycles. The molecule has 1 fully saturated rings. The maximum atomic E-state index is 11.3. The summed E-state index contributed by atoms with van der Waals surface area (Å²) in [6.45, 7) is 2.43. The second-order valence-corrected chi connectivity index (χ2v) is 8.46. The van der Waals surface area contributed by atoms with Gasteiger partial charge in [-0.3, -0.25) is 4.90 Å². The summed E-state index contributed by atoms with van der Waals surface area (Å²) < 4.78 is 28.3. The Morgan fingerprint density at radius 1 is 1.15 bits per heavy atom. The third-order valence-electron chi connectivity index (χ3n) is 4.71. The smallest absolute Gasteiger partial charge is 0.238 e. The molecule has 2 aromatic carbocycles. The van der Waals surface area contributed by atoms with Gasteiger partial charge in [0.2, 0.25) is 10.0 Å². The highest BCUT2D eigenvalue weighted by molar-refractivity contribution is 7.89. The first-order chi connectivity index (χ1) is 12.4. The van der Waals surface area contributed by atoms with Crippen LogP contribution in [0.4, 0.5) is 0 Å². The zero-order chi connectivity index (χ0) is 18.6. The van der Waals surface area contributed by atoms with Crippen molar-refractivity contribution in [1.29, 1.82) is 0 Å². The van der Waals surface area contributed by atoms with Gasteiger partial charge in [-0.05, 0) is 61.7 Å². The molecule has 1 saturated heterocycles. The molecule has 1 aliphatic heterocycles. The number of likely N-dealkylation sites (tertiary alicyclic amines) is 1. The molecule has 5 nitrogen and oxygen atoms in total. The lowest BCUT2D eigenvalue weighted by Crippen LogP contribution is -2.34. The van der Waals surface area contributed by atoms with Crippen LogP contribution in [0.3, 0.4) is 0 Å². The van der Waals surface area contributed by atoms with Crippen molar-refractivity contribution in [1.82, 2.24) is 4.90 Å². The Morgan fingerprint density at radius 3 is 2.58 bits per heavy atom. The largest absolute Gasteiger partial charge is 0.492 e. The fourth-order valence-corrected chi connectivity index (χ4v) is 4.07. The number of nitrogens with zero attached hydrogens (tertiary/aromatic N) is 1. The predicted octanol–water partition coefficient (Wildman–Crippen LogP) is 3.07.